The summed E-state index contributed by atoms with van der Waals surface area (Å²) in [6, 6.07) is 9.63. The van der Waals surface area contributed by atoms with Gasteiger partial charge in [0.15, 0.2) is 0 Å². The number of hydrogen-bond donors (Lipinski definition) is 1. The fraction of sp³-hybridized carbons (Fsp3) is 0.455. The maximum atomic E-state index is 13.2. The van der Waals surface area contributed by atoms with Crippen molar-refractivity contribution in [1.82, 2.24) is 24.5 Å². The smallest absolute Gasteiger partial charge is 0.323 e. The van der Waals surface area contributed by atoms with Gasteiger partial charge in [-0.1, -0.05) is 18.2 Å². The van der Waals surface area contributed by atoms with Crippen molar-refractivity contribution < 1.29 is 19.5 Å². The summed E-state index contributed by atoms with van der Waals surface area (Å²) in [6.45, 7) is 1.91. The van der Waals surface area contributed by atoms with Gasteiger partial charge in [-0.25, -0.2) is 4.68 Å². The van der Waals surface area contributed by atoms with Gasteiger partial charge in [-0.15, -0.1) is 0 Å². The van der Waals surface area contributed by atoms with Gasteiger partial charge in [-0.3, -0.25) is 19.3 Å². The van der Waals surface area contributed by atoms with E-state index in [-0.39, 0.29) is 30.3 Å². The number of carboxylic acids is 1. The Labute approximate surface area is 180 Å². The maximum absolute atomic E-state index is 13.2. The quantitative estimate of drug-likeness (QED) is 0.788. The minimum atomic E-state index is -1.01. The Morgan fingerprint density at radius 1 is 1.13 bits per heavy atom. The van der Waals surface area contributed by atoms with E-state index < -0.39 is 5.97 Å². The van der Waals surface area contributed by atoms with E-state index in [1.165, 1.54) is 4.90 Å². The molecule has 2 aromatic rings. The largest absolute Gasteiger partial charge is 0.480 e. The number of aliphatic carboxylic acids is 1. The Morgan fingerprint density at radius 2 is 1.90 bits per heavy atom. The van der Waals surface area contributed by atoms with E-state index in [0.717, 1.165) is 5.69 Å². The standard InChI is InChI=1S/C22H27N5O4/c1-24-11-12-26(16-22(24)8-7-19(28)25(10-9-22)15-20(29)30)21(31)17-13-23-27(14-17)18-5-3-2-4-6-18/h2-6,13-14H,7-12,15-16H2,1H3,(H,29,30). The fourth-order valence-electron chi connectivity index (χ4n) is 4.53. The van der Waals surface area contributed by atoms with Crippen LogP contribution in [0.5, 0.6) is 0 Å². The molecule has 1 aromatic heterocycles. The normalized spacial score (nSPS) is 22.5. The molecule has 0 saturated carbocycles. The Bertz CT molecular complexity index is 975. The second-order valence-electron chi connectivity index (χ2n) is 8.34. The lowest BCUT2D eigenvalue weighted by molar-refractivity contribution is -0.144. The summed E-state index contributed by atoms with van der Waals surface area (Å²) in [7, 11) is 2.02. The Hall–Kier alpha value is -3.20. The highest BCUT2D eigenvalue weighted by atomic mass is 16.4. The van der Waals surface area contributed by atoms with Gasteiger partial charge in [0.2, 0.25) is 5.91 Å². The lowest BCUT2D eigenvalue weighted by Gasteiger charge is -2.49. The van der Waals surface area contributed by atoms with Crippen LogP contribution in [0.3, 0.4) is 0 Å². The first-order valence-corrected chi connectivity index (χ1v) is 10.5. The Kier molecular flexibility index (Phi) is 5.77. The summed E-state index contributed by atoms with van der Waals surface area (Å²) in [5, 5.41) is 13.4. The monoisotopic (exact) mass is 425 g/mol. The molecule has 0 bridgehead atoms. The van der Waals surface area contributed by atoms with Crippen molar-refractivity contribution in [2.45, 2.75) is 24.8 Å². The van der Waals surface area contributed by atoms with Crippen LogP contribution < -0.4 is 0 Å². The van der Waals surface area contributed by atoms with E-state index >= 15 is 0 Å². The molecule has 3 heterocycles. The highest BCUT2D eigenvalue weighted by Gasteiger charge is 2.43. The minimum absolute atomic E-state index is 0.0763. The molecular weight excluding hydrogens is 398 g/mol. The number of piperazine rings is 1. The molecule has 2 aliphatic heterocycles. The molecule has 2 saturated heterocycles. The first kappa shape index (κ1) is 21.0. The molecule has 9 heteroatoms. The molecule has 0 aliphatic carbocycles. The van der Waals surface area contributed by atoms with Crippen LogP contribution in [0.1, 0.15) is 29.6 Å². The van der Waals surface area contributed by atoms with Gasteiger partial charge in [-0.05, 0) is 32.0 Å². The van der Waals surface area contributed by atoms with Gasteiger partial charge in [0.25, 0.3) is 5.91 Å². The molecule has 31 heavy (non-hydrogen) atoms. The van der Waals surface area contributed by atoms with Gasteiger partial charge < -0.3 is 14.9 Å². The van der Waals surface area contributed by atoms with E-state index in [2.05, 4.69) is 10.00 Å². The van der Waals surface area contributed by atoms with Gasteiger partial charge in [-0.2, -0.15) is 5.10 Å². The Balaban J connectivity index is 1.50. The van der Waals surface area contributed by atoms with E-state index in [1.807, 2.05) is 42.3 Å². The topological polar surface area (TPSA) is 99.0 Å². The van der Waals surface area contributed by atoms with Gasteiger partial charge >= 0.3 is 5.97 Å². The summed E-state index contributed by atoms with van der Waals surface area (Å²) in [5.74, 6) is -1.22. The van der Waals surface area contributed by atoms with Crippen molar-refractivity contribution in [2.24, 2.45) is 0 Å². The molecule has 2 fully saturated rings. The lowest BCUT2D eigenvalue weighted by atomic mass is 9.86. The van der Waals surface area contributed by atoms with Gasteiger partial charge in [0, 0.05) is 44.3 Å². The molecule has 1 spiro atoms. The second kappa shape index (κ2) is 8.50. The average molecular weight is 425 g/mol. The zero-order valence-corrected chi connectivity index (χ0v) is 17.6. The Morgan fingerprint density at radius 3 is 2.65 bits per heavy atom. The summed E-state index contributed by atoms with van der Waals surface area (Å²) >= 11 is 0. The number of likely N-dealkylation sites (N-methyl/N-ethyl adjacent to an activating group) is 1. The number of para-hydroxylation sites is 1. The third-order valence-electron chi connectivity index (χ3n) is 6.47. The molecule has 1 N–H and O–H groups in total. The van der Waals surface area contributed by atoms with Crippen molar-refractivity contribution in [3.05, 3.63) is 48.3 Å². The number of rotatable bonds is 4. The molecule has 2 amide bonds. The van der Waals surface area contributed by atoms with Crippen molar-refractivity contribution in [1.29, 1.82) is 0 Å². The highest BCUT2D eigenvalue weighted by Crippen LogP contribution is 2.32. The maximum Gasteiger partial charge on any atom is 0.323 e. The number of carbonyl (C=O) groups is 3. The fourth-order valence-corrected chi connectivity index (χ4v) is 4.53. The predicted molar refractivity (Wildman–Crippen MR) is 113 cm³/mol. The SMILES string of the molecule is CN1CCN(C(=O)c2cnn(-c3ccccc3)c2)CC12CCC(=O)N(CC(=O)O)CC2. The third-order valence-corrected chi connectivity index (χ3v) is 6.47. The molecule has 1 atom stereocenters. The number of amides is 2. The van der Waals surface area contributed by atoms with Crippen LogP contribution in [0, 0.1) is 0 Å². The van der Waals surface area contributed by atoms with E-state index in [9.17, 15) is 14.4 Å². The number of hydrogen-bond acceptors (Lipinski definition) is 5. The van der Waals surface area contributed by atoms with Crippen LogP contribution in [0.4, 0.5) is 0 Å². The van der Waals surface area contributed by atoms with Crippen LogP contribution in [0.25, 0.3) is 5.69 Å². The molecular formula is C22H27N5O4. The van der Waals surface area contributed by atoms with Crippen LogP contribution in [0.2, 0.25) is 0 Å². The number of nitrogens with zero attached hydrogens (tertiary/aromatic N) is 5. The molecule has 1 unspecified atom stereocenters. The average Bonchev–Trinajstić information content (AvgIpc) is 3.21. The summed E-state index contributed by atoms with van der Waals surface area (Å²) in [4.78, 5) is 42.2. The van der Waals surface area contributed by atoms with E-state index in [4.69, 9.17) is 5.11 Å². The third kappa shape index (κ3) is 4.32. The number of aromatic nitrogens is 2. The van der Waals surface area contributed by atoms with E-state index in [1.54, 1.807) is 17.1 Å². The summed E-state index contributed by atoms with van der Waals surface area (Å²) in [6.07, 6.45) is 4.85. The predicted octanol–water partition coefficient (Wildman–Crippen LogP) is 1.10. The van der Waals surface area contributed by atoms with Crippen LogP contribution in [-0.4, -0.2) is 92.7 Å². The van der Waals surface area contributed by atoms with Crippen molar-refractivity contribution in [3.8, 4) is 5.69 Å². The van der Waals surface area contributed by atoms with Crippen molar-refractivity contribution in [2.75, 3.05) is 39.8 Å². The van der Waals surface area contributed by atoms with E-state index in [0.29, 0.717) is 44.6 Å². The first-order valence-electron chi connectivity index (χ1n) is 10.5. The molecule has 4 rings (SSSR count). The number of carboxylic acid groups (broad SMARTS) is 1. The van der Waals surface area contributed by atoms with Gasteiger partial charge in [0.05, 0.1) is 17.4 Å². The number of carbonyl (C=O) groups excluding carboxylic acids is 2. The molecule has 164 valence electrons. The number of likely N-dealkylation sites (tertiary alicyclic amines) is 1. The van der Waals surface area contributed by atoms with Crippen LogP contribution in [-0.2, 0) is 9.59 Å². The second-order valence-corrected chi connectivity index (χ2v) is 8.34. The zero-order valence-electron chi connectivity index (χ0n) is 17.6. The highest BCUT2D eigenvalue weighted by molar-refractivity contribution is 5.94. The van der Waals surface area contributed by atoms with Crippen LogP contribution in [0.15, 0.2) is 42.7 Å². The molecule has 1 aromatic carbocycles. The first-order chi connectivity index (χ1) is 14.9. The lowest BCUT2D eigenvalue weighted by Crippen LogP contribution is -2.62. The summed E-state index contributed by atoms with van der Waals surface area (Å²) in [5.41, 5.74) is 1.07. The minimum Gasteiger partial charge on any atom is -0.480 e. The number of benzene rings is 1. The molecule has 9 nitrogen and oxygen atoms in total. The summed E-state index contributed by atoms with van der Waals surface area (Å²) < 4.78 is 1.69. The molecule has 2 aliphatic rings. The molecule has 0 radical (unpaired) electrons. The zero-order chi connectivity index (χ0) is 22.0. The van der Waals surface area contributed by atoms with Gasteiger partial charge in [0.1, 0.15) is 6.54 Å². The van der Waals surface area contributed by atoms with Crippen LogP contribution >= 0.6 is 0 Å². The van der Waals surface area contributed by atoms with Crippen molar-refractivity contribution in [3.63, 3.8) is 0 Å². The van der Waals surface area contributed by atoms with Crippen molar-refractivity contribution >= 4 is 17.8 Å².